The Balaban J connectivity index is 1.39. The Bertz CT molecular complexity index is 1200. The summed E-state index contributed by atoms with van der Waals surface area (Å²) in [6.07, 6.45) is 1.68. The van der Waals surface area contributed by atoms with E-state index in [1.807, 2.05) is 74.0 Å². The fourth-order valence-electron chi connectivity index (χ4n) is 3.27. The van der Waals surface area contributed by atoms with E-state index in [-0.39, 0.29) is 6.61 Å². The third-order valence-electron chi connectivity index (χ3n) is 4.90. The maximum absolute atomic E-state index is 6.12. The van der Waals surface area contributed by atoms with Crippen molar-refractivity contribution < 1.29 is 9.25 Å². The molecule has 2 aromatic carbocycles. The molecule has 0 atom stereocenters. The van der Waals surface area contributed by atoms with E-state index in [1.165, 1.54) is 5.56 Å². The van der Waals surface area contributed by atoms with Crippen LogP contribution in [0, 0.1) is 20.8 Å². The second-order valence-corrected chi connectivity index (χ2v) is 7.52. The Morgan fingerprint density at radius 2 is 1.90 bits per heavy atom. The standard InChI is InChI=1S/C24H25N5O2/c1-16-7-9-20(10-8-16)22-13-26-23(31-22)15-30-28-24(25)21-6-4-5-19(12-21)14-29-18(3)11-17(2)27-29/h4-13H,14-15H2,1-3H3,(H2,25,28). The van der Waals surface area contributed by atoms with Gasteiger partial charge in [0.1, 0.15) is 0 Å². The molecule has 0 radical (unpaired) electrons. The molecule has 0 aliphatic rings. The first-order valence-electron chi connectivity index (χ1n) is 10.1. The molecule has 158 valence electrons. The summed E-state index contributed by atoms with van der Waals surface area (Å²) in [6, 6.07) is 18.0. The van der Waals surface area contributed by atoms with Crippen molar-refractivity contribution in [2.75, 3.05) is 0 Å². The molecule has 0 saturated heterocycles. The van der Waals surface area contributed by atoms with E-state index in [0.29, 0.717) is 24.0 Å². The number of benzene rings is 2. The number of oxime groups is 1. The molecule has 0 saturated carbocycles. The molecule has 0 aliphatic heterocycles. The molecule has 31 heavy (non-hydrogen) atoms. The van der Waals surface area contributed by atoms with Crippen molar-refractivity contribution in [2.24, 2.45) is 10.9 Å². The van der Waals surface area contributed by atoms with Crippen LogP contribution >= 0.6 is 0 Å². The third-order valence-corrected chi connectivity index (χ3v) is 4.90. The minimum absolute atomic E-state index is 0.0952. The fourth-order valence-corrected chi connectivity index (χ4v) is 3.27. The predicted molar refractivity (Wildman–Crippen MR) is 119 cm³/mol. The lowest BCUT2D eigenvalue weighted by Gasteiger charge is -2.07. The molecule has 0 amide bonds. The highest BCUT2D eigenvalue weighted by Gasteiger charge is 2.08. The van der Waals surface area contributed by atoms with Gasteiger partial charge in [0, 0.05) is 16.8 Å². The molecule has 2 heterocycles. The van der Waals surface area contributed by atoms with Gasteiger partial charge in [-0.15, -0.1) is 0 Å². The van der Waals surface area contributed by atoms with Gasteiger partial charge >= 0.3 is 0 Å². The van der Waals surface area contributed by atoms with Crippen LogP contribution in [0.4, 0.5) is 0 Å². The van der Waals surface area contributed by atoms with Crippen LogP contribution in [0.15, 0.2) is 70.4 Å². The van der Waals surface area contributed by atoms with Crippen LogP contribution in [0.3, 0.4) is 0 Å². The van der Waals surface area contributed by atoms with E-state index < -0.39 is 0 Å². The summed E-state index contributed by atoms with van der Waals surface area (Å²) in [5.74, 6) is 1.42. The number of hydrogen-bond donors (Lipinski definition) is 1. The van der Waals surface area contributed by atoms with Crippen molar-refractivity contribution in [3.8, 4) is 11.3 Å². The van der Waals surface area contributed by atoms with E-state index in [1.54, 1.807) is 6.20 Å². The third kappa shape index (κ3) is 5.01. The lowest BCUT2D eigenvalue weighted by molar-refractivity contribution is 0.111. The van der Waals surface area contributed by atoms with Gasteiger partial charge in [-0.3, -0.25) is 4.68 Å². The van der Waals surface area contributed by atoms with E-state index >= 15 is 0 Å². The molecule has 0 fully saturated rings. The molecule has 2 aromatic heterocycles. The number of nitrogens with zero attached hydrogens (tertiary/aromatic N) is 4. The lowest BCUT2D eigenvalue weighted by Crippen LogP contribution is -2.14. The molecule has 4 aromatic rings. The van der Waals surface area contributed by atoms with Crippen molar-refractivity contribution in [3.63, 3.8) is 0 Å². The summed E-state index contributed by atoms with van der Waals surface area (Å²) in [6.45, 7) is 6.83. The van der Waals surface area contributed by atoms with Gasteiger partial charge in [0.05, 0.1) is 18.4 Å². The molecular formula is C24H25N5O2. The summed E-state index contributed by atoms with van der Waals surface area (Å²) in [4.78, 5) is 9.62. The molecular weight excluding hydrogens is 390 g/mol. The average Bonchev–Trinajstić information content (AvgIpc) is 3.35. The number of amidine groups is 1. The monoisotopic (exact) mass is 415 g/mol. The fraction of sp³-hybridized carbons (Fsp3) is 0.208. The first-order valence-corrected chi connectivity index (χ1v) is 10.1. The van der Waals surface area contributed by atoms with Gasteiger partial charge in [0.2, 0.25) is 5.89 Å². The minimum Gasteiger partial charge on any atom is -0.437 e. The molecule has 2 N–H and O–H groups in total. The van der Waals surface area contributed by atoms with Gasteiger partial charge in [-0.05, 0) is 38.5 Å². The first kappa shape index (κ1) is 20.4. The highest BCUT2D eigenvalue weighted by Crippen LogP contribution is 2.21. The predicted octanol–water partition coefficient (Wildman–Crippen LogP) is 4.35. The molecule has 0 unspecified atom stereocenters. The topological polar surface area (TPSA) is 91.5 Å². The zero-order chi connectivity index (χ0) is 21.8. The zero-order valence-corrected chi connectivity index (χ0v) is 17.9. The summed E-state index contributed by atoms with van der Waals surface area (Å²) in [5.41, 5.74) is 12.3. The van der Waals surface area contributed by atoms with Crippen LogP contribution < -0.4 is 5.73 Å². The highest BCUT2D eigenvalue weighted by atomic mass is 16.6. The van der Waals surface area contributed by atoms with Gasteiger partial charge in [-0.25, -0.2) is 4.98 Å². The number of oxazole rings is 1. The smallest absolute Gasteiger partial charge is 0.235 e. The van der Waals surface area contributed by atoms with E-state index in [0.717, 1.165) is 28.1 Å². The molecule has 4 rings (SSSR count). The van der Waals surface area contributed by atoms with Crippen molar-refractivity contribution in [3.05, 3.63) is 94.8 Å². The van der Waals surface area contributed by atoms with Crippen LogP contribution in [-0.2, 0) is 18.0 Å². The van der Waals surface area contributed by atoms with E-state index in [2.05, 4.69) is 21.3 Å². The normalized spacial score (nSPS) is 11.6. The largest absolute Gasteiger partial charge is 0.437 e. The number of aryl methyl sites for hydroxylation is 3. The number of nitrogens with two attached hydrogens (primary N) is 1. The maximum Gasteiger partial charge on any atom is 0.235 e. The van der Waals surface area contributed by atoms with Crippen molar-refractivity contribution in [1.29, 1.82) is 0 Å². The molecule has 0 bridgehead atoms. The van der Waals surface area contributed by atoms with Crippen molar-refractivity contribution in [1.82, 2.24) is 14.8 Å². The van der Waals surface area contributed by atoms with Gasteiger partial charge in [-0.1, -0.05) is 53.2 Å². The first-order chi connectivity index (χ1) is 15.0. The Labute approximate surface area is 181 Å². The lowest BCUT2D eigenvalue weighted by atomic mass is 10.1. The average molecular weight is 415 g/mol. The van der Waals surface area contributed by atoms with Crippen LogP contribution in [-0.4, -0.2) is 20.6 Å². The van der Waals surface area contributed by atoms with Gasteiger partial charge in [0.15, 0.2) is 18.2 Å². The SMILES string of the molecule is Cc1ccc(-c2cnc(CO/N=C(\N)c3cccc(Cn4nc(C)cc4C)c3)o2)cc1. The van der Waals surface area contributed by atoms with Crippen molar-refractivity contribution >= 4 is 5.84 Å². The number of aromatic nitrogens is 3. The molecule has 7 nitrogen and oxygen atoms in total. The summed E-state index contributed by atoms with van der Waals surface area (Å²) >= 11 is 0. The number of hydrogen-bond acceptors (Lipinski definition) is 5. The summed E-state index contributed by atoms with van der Waals surface area (Å²) in [5, 5.41) is 8.53. The second-order valence-electron chi connectivity index (χ2n) is 7.52. The Morgan fingerprint density at radius 1 is 1.10 bits per heavy atom. The Morgan fingerprint density at radius 3 is 2.65 bits per heavy atom. The van der Waals surface area contributed by atoms with Crippen LogP contribution in [0.1, 0.15) is 34.0 Å². The van der Waals surface area contributed by atoms with Crippen LogP contribution in [0.25, 0.3) is 11.3 Å². The molecule has 7 heteroatoms. The summed E-state index contributed by atoms with van der Waals surface area (Å²) in [7, 11) is 0. The highest BCUT2D eigenvalue weighted by molar-refractivity contribution is 5.97. The van der Waals surface area contributed by atoms with Gasteiger partial charge < -0.3 is 15.0 Å². The van der Waals surface area contributed by atoms with E-state index in [9.17, 15) is 0 Å². The minimum atomic E-state index is 0.0952. The quantitative estimate of drug-likeness (QED) is 0.275. The molecule has 0 aliphatic carbocycles. The van der Waals surface area contributed by atoms with Crippen molar-refractivity contribution in [2.45, 2.75) is 33.9 Å². The van der Waals surface area contributed by atoms with Crippen LogP contribution in [0.2, 0.25) is 0 Å². The Kier molecular flexibility index (Phi) is 5.84. The second kappa shape index (κ2) is 8.87. The van der Waals surface area contributed by atoms with E-state index in [4.69, 9.17) is 15.0 Å². The van der Waals surface area contributed by atoms with Crippen LogP contribution in [0.5, 0.6) is 0 Å². The number of rotatable bonds is 7. The maximum atomic E-state index is 6.12. The molecule has 0 spiro atoms. The zero-order valence-electron chi connectivity index (χ0n) is 17.9. The van der Waals surface area contributed by atoms with Gasteiger partial charge in [-0.2, -0.15) is 5.10 Å². The summed E-state index contributed by atoms with van der Waals surface area (Å²) < 4.78 is 7.70. The Hall–Kier alpha value is -3.87. The van der Waals surface area contributed by atoms with Gasteiger partial charge in [0.25, 0.3) is 0 Å².